The zero-order valence-electron chi connectivity index (χ0n) is 13.3. The van der Waals surface area contributed by atoms with Gasteiger partial charge in [0.05, 0.1) is 0 Å². The molecule has 19 heavy (non-hydrogen) atoms. The SMILES string of the molecule is CC(=O)OC/C=C(/C)CCC[C@@H](C)CCC=C(C)C. The van der Waals surface area contributed by atoms with Crippen molar-refractivity contribution in [2.24, 2.45) is 5.92 Å². The number of esters is 1. The lowest BCUT2D eigenvalue weighted by molar-refractivity contribution is -0.139. The molecule has 0 aromatic rings. The summed E-state index contributed by atoms with van der Waals surface area (Å²) in [5, 5.41) is 0. The van der Waals surface area contributed by atoms with Crippen LogP contribution in [-0.4, -0.2) is 12.6 Å². The highest BCUT2D eigenvalue weighted by Crippen LogP contribution is 2.17. The third kappa shape index (κ3) is 13.2. The maximum Gasteiger partial charge on any atom is 0.302 e. The van der Waals surface area contributed by atoms with E-state index in [2.05, 4.69) is 33.8 Å². The van der Waals surface area contributed by atoms with Gasteiger partial charge < -0.3 is 4.74 Å². The minimum atomic E-state index is -0.211. The Labute approximate surface area is 118 Å². The topological polar surface area (TPSA) is 26.3 Å². The summed E-state index contributed by atoms with van der Waals surface area (Å²) >= 11 is 0. The van der Waals surface area contributed by atoms with E-state index in [1.807, 2.05) is 6.08 Å². The van der Waals surface area contributed by atoms with E-state index in [1.165, 1.54) is 43.8 Å². The molecule has 0 N–H and O–H groups in total. The summed E-state index contributed by atoms with van der Waals surface area (Å²) in [6.07, 6.45) is 10.4. The van der Waals surface area contributed by atoms with E-state index in [1.54, 1.807) is 0 Å². The van der Waals surface area contributed by atoms with E-state index < -0.39 is 0 Å². The normalized spacial score (nSPS) is 13.0. The Morgan fingerprint density at radius 2 is 1.79 bits per heavy atom. The average Bonchev–Trinajstić information content (AvgIpc) is 2.27. The van der Waals surface area contributed by atoms with Gasteiger partial charge in [0, 0.05) is 6.92 Å². The Balaban J connectivity index is 3.65. The molecule has 110 valence electrons. The van der Waals surface area contributed by atoms with Gasteiger partial charge in [-0.2, -0.15) is 0 Å². The summed E-state index contributed by atoms with van der Waals surface area (Å²) in [4.78, 5) is 10.6. The molecule has 0 unspecified atom stereocenters. The minimum absolute atomic E-state index is 0.211. The molecule has 0 heterocycles. The van der Waals surface area contributed by atoms with E-state index in [0.29, 0.717) is 6.61 Å². The molecule has 0 fully saturated rings. The fourth-order valence-electron chi connectivity index (χ4n) is 1.93. The van der Waals surface area contributed by atoms with Crippen LogP contribution in [-0.2, 0) is 9.53 Å². The quantitative estimate of drug-likeness (QED) is 0.431. The number of hydrogen-bond donors (Lipinski definition) is 0. The van der Waals surface area contributed by atoms with E-state index >= 15 is 0 Å². The van der Waals surface area contributed by atoms with Crippen LogP contribution < -0.4 is 0 Å². The number of hydrogen-bond acceptors (Lipinski definition) is 2. The second-order valence-electron chi connectivity index (χ2n) is 5.71. The van der Waals surface area contributed by atoms with Crippen molar-refractivity contribution in [1.29, 1.82) is 0 Å². The molecule has 0 aliphatic rings. The van der Waals surface area contributed by atoms with Gasteiger partial charge in [-0.15, -0.1) is 0 Å². The third-order valence-electron chi connectivity index (χ3n) is 3.20. The van der Waals surface area contributed by atoms with E-state index in [4.69, 9.17) is 4.74 Å². The molecule has 1 atom stereocenters. The number of rotatable bonds is 9. The first kappa shape index (κ1) is 17.9. The van der Waals surface area contributed by atoms with Crippen LogP contribution in [0, 0.1) is 5.92 Å². The van der Waals surface area contributed by atoms with Crippen LogP contribution in [0.3, 0.4) is 0 Å². The molecule has 0 radical (unpaired) electrons. The second-order valence-corrected chi connectivity index (χ2v) is 5.71. The number of carbonyl (C=O) groups is 1. The summed E-state index contributed by atoms with van der Waals surface area (Å²) in [5.41, 5.74) is 2.73. The molecular formula is C17H30O2. The molecule has 0 aromatic carbocycles. The van der Waals surface area contributed by atoms with E-state index in [9.17, 15) is 4.79 Å². The van der Waals surface area contributed by atoms with Gasteiger partial charge >= 0.3 is 5.97 Å². The highest BCUT2D eigenvalue weighted by atomic mass is 16.5. The molecule has 2 heteroatoms. The highest BCUT2D eigenvalue weighted by molar-refractivity contribution is 5.66. The smallest absolute Gasteiger partial charge is 0.302 e. The summed E-state index contributed by atoms with van der Waals surface area (Å²) < 4.78 is 4.89. The van der Waals surface area contributed by atoms with Gasteiger partial charge in [0.2, 0.25) is 0 Å². The Hall–Kier alpha value is -1.05. The first-order valence-corrected chi connectivity index (χ1v) is 7.34. The molecule has 0 spiro atoms. The number of ether oxygens (including phenoxy) is 1. The first-order chi connectivity index (χ1) is 8.91. The molecule has 0 aliphatic heterocycles. The fourth-order valence-corrected chi connectivity index (χ4v) is 1.93. The molecule has 0 aliphatic carbocycles. The fraction of sp³-hybridized carbons (Fsp3) is 0.706. The van der Waals surface area contributed by atoms with Gasteiger partial charge in [0.25, 0.3) is 0 Å². The lowest BCUT2D eigenvalue weighted by Gasteiger charge is -2.10. The van der Waals surface area contributed by atoms with Crippen molar-refractivity contribution in [3.05, 3.63) is 23.3 Å². The van der Waals surface area contributed by atoms with Gasteiger partial charge in [0.15, 0.2) is 0 Å². The number of carbonyl (C=O) groups excluding carboxylic acids is 1. The lowest BCUT2D eigenvalue weighted by Crippen LogP contribution is -1.98. The van der Waals surface area contributed by atoms with Crippen molar-refractivity contribution in [3.63, 3.8) is 0 Å². The molecule has 0 aromatic heterocycles. The van der Waals surface area contributed by atoms with E-state index in [0.717, 1.165) is 12.3 Å². The zero-order chi connectivity index (χ0) is 14.7. The second kappa shape index (κ2) is 10.8. The van der Waals surface area contributed by atoms with Crippen molar-refractivity contribution < 1.29 is 9.53 Å². The van der Waals surface area contributed by atoms with Gasteiger partial charge in [-0.1, -0.05) is 30.6 Å². The average molecular weight is 266 g/mol. The summed E-state index contributed by atoms with van der Waals surface area (Å²) in [6.45, 7) is 10.6. The Morgan fingerprint density at radius 1 is 1.11 bits per heavy atom. The van der Waals surface area contributed by atoms with Gasteiger partial charge in [-0.05, 0) is 58.4 Å². The zero-order valence-corrected chi connectivity index (χ0v) is 13.3. The van der Waals surface area contributed by atoms with Crippen molar-refractivity contribution in [2.45, 2.75) is 66.7 Å². The van der Waals surface area contributed by atoms with Crippen molar-refractivity contribution >= 4 is 5.97 Å². The van der Waals surface area contributed by atoms with Crippen LogP contribution in [0.15, 0.2) is 23.3 Å². The molecule has 0 rings (SSSR count). The van der Waals surface area contributed by atoms with Crippen LogP contribution in [0.2, 0.25) is 0 Å². The molecule has 0 saturated carbocycles. The largest absolute Gasteiger partial charge is 0.462 e. The van der Waals surface area contributed by atoms with Crippen molar-refractivity contribution in [2.75, 3.05) is 6.61 Å². The predicted molar refractivity (Wildman–Crippen MR) is 82.1 cm³/mol. The van der Waals surface area contributed by atoms with Crippen molar-refractivity contribution in [1.82, 2.24) is 0 Å². The highest BCUT2D eigenvalue weighted by Gasteiger charge is 2.01. The molecular weight excluding hydrogens is 236 g/mol. The summed E-state index contributed by atoms with van der Waals surface area (Å²) in [7, 11) is 0. The minimum Gasteiger partial charge on any atom is -0.462 e. The van der Waals surface area contributed by atoms with Crippen molar-refractivity contribution in [3.8, 4) is 0 Å². The predicted octanol–water partition coefficient (Wildman–Crippen LogP) is 5.05. The van der Waals surface area contributed by atoms with Crippen LogP contribution in [0.4, 0.5) is 0 Å². The Bertz CT molecular complexity index is 309. The first-order valence-electron chi connectivity index (χ1n) is 7.34. The van der Waals surface area contributed by atoms with Crippen LogP contribution in [0.1, 0.15) is 66.7 Å². The van der Waals surface area contributed by atoms with Crippen LogP contribution >= 0.6 is 0 Å². The van der Waals surface area contributed by atoms with Gasteiger partial charge in [-0.3, -0.25) is 4.79 Å². The Morgan fingerprint density at radius 3 is 2.37 bits per heavy atom. The molecule has 0 saturated heterocycles. The maximum absolute atomic E-state index is 10.6. The van der Waals surface area contributed by atoms with Gasteiger partial charge in [-0.25, -0.2) is 0 Å². The monoisotopic (exact) mass is 266 g/mol. The standard InChI is InChI=1S/C17H30O2/c1-14(2)8-6-9-15(3)10-7-11-16(4)12-13-19-17(5)18/h8,12,15H,6-7,9-11,13H2,1-5H3/b16-12-/t15-/m0/s1. The summed E-state index contributed by atoms with van der Waals surface area (Å²) in [5.74, 6) is 0.578. The summed E-state index contributed by atoms with van der Waals surface area (Å²) in [6, 6.07) is 0. The van der Waals surface area contributed by atoms with Crippen LogP contribution in [0.5, 0.6) is 0 Å². The van der Waals surface area contributed by atoms with E-state index in [-0.39, 0.29) is 5.97 Å². The Kier molecular flexibility index (Phi) is 10.2. The van der Waals surface area contributed by atoms with Gasteiger partial charge in [0.1, 0.15) is 6.61 Å². The lowest BCUT2D eigenvalue weighted by atomic mass is 9.97. The molecule has 2 nitrogen and oxygen atoms in total. The maximum atomic E-state index is 10.6. The third-order valence-corrected chi connectivity index (χ3v) is 3.20. The number of allylic oxidation sites excluding steroid dienone is 3. The molecule has 0 bridgehead atoms. The molecule has 0 amide bonds. The van der Waals surface area contributed by atoms with Crippen LogP contribution in [0.25, 0.3) is 0 Å².